The summed E-state index contributed by atoms with van der Waals surface area (Å²) in [7, 11) is 0. The molecule has 3 rings (SSSR count). The minimum absolute atomic E-state index is 0.471. The molecular formula is C13H14Cl2N2O2. The summed E-state index contributed by atoms with van der Waals surface area (Å²) in [6, 6.07) is 3.91. The Kier molecular flexibility index (Phi) is 4.04. The number of amides is 1. The molecule has 0 radical (unpaired) electrons. The molecular weight excluding hydrogens is 287 g/mol. The van der Waals surface area contributed by atoms with E-state index in [-0.39, 0.29) is 0 Å². The largest absolute Gasteiger partial charge is 0.465 e. The molecule has 0 bridgehead atoms. The minimum atomic E-state index is -1.33. The lowest BCUT2D eigenvalue weighted by Gasteiger charge is -2.10. The van der Waals surface area contributed by atoms with Crippen molar-refractivity contribution in [1.29, 1.82) is 0 Å². The van der Waals surface area contributed by atoms with Crippen LogP contribution in [0.3, 0.4) is 0 Å². The monoisotopic (exact) mass is 300 g/mol. The summed E-state index contributed by atoms with van der Waals surface area (Å²) in [5.74, 6) is 0.981. The van der Waals surface area contributed by atoms with Crippen molar-refractivity contribution in [3.8, 4) is 0 Å². The van der Waals surface area contributed by atoms with E-state index in [0.717, 1.165) is 13.1 Å². The lowest BCUT2D eigenvalue weighted by molar-refractivity contribution is 0.205. The van der Waals surface area contributed by atoms with E-state index < -0.39 is 6.09 Å². The van der Waals surface area contributed by atoms with Gasteiger partial charge in [0.1, 0.15) is 0 Å². The standard InChI is InChI=1S/C12H11Cl2N.CH3NO2/c1-6-7-2-3-10(13)12(14)11(7)9-5-15-4-8(6)9;2-1(3)4/h2-3,8-9,15H,1,4-5H2;2H2,(H,3,4). The van der Waals surface area contributed by atoms with Gasteiger partial charge < -0.3 is 16.2 Å². The second kappa shape index (κ2) is 5.41. The molecule has 4 nitrogen and oxygen atoms in total. The molecule has 0 spiro atoms. The Labute approximate surface area is 121 Å². The minimum Gasteiger partial charge on any atom is -0.465 e. The lowest BCUT2D eigenvalue weighted by Crippen LogP contribution is -2.10. The third-order valence-electron chi connectivity index (χ3n) is 3.51. The van der Waals surface area contributed by atoms with Crippen molar-refractivity contribution in [2.24, 2.45) is 11.7 Å². The van der Waals surface area contributed by atoms with Gasteiger partial charge in [-0.25, -0.2) is 4.79 Å². The molecule has 6 heteroatoms. The summed E-state index contributed by atoms with van der Waals surface area (Å²) in [4.78, 5) is 8.78. The molecule has 0 aromatic heterocycles. The van der Waals surface area contributed by atoms with Crippen LogP contribution in [0.2, 0.25) is 10.0 Å². The summed E-state index contributed by atoms with van der Waals surface area (Å²) in [5, 5.41) is 11.9. The van der Waals surface area contributed by atoms with Gasteiger partial charge >= 0.3 is 6.09 Å². The van der Waals surface area contributed by atoms with Gasteiger partial charge in [0.05, 0.1) is 10.0 Å². The van der Waals surface area contributed by atoms with E-state index in [9.17, 15) is 0 Å². The lowest BCUT2D eigenvalue weighted by atomic mass is 9.95. The Bertz CT molecular complexity index is 542. The molecule has 1 heterocycles. The van der Waals surface area contributed by atoms with Crippen molar-refractivity contribution in [2.45, 2.75) is 5.92 Å². The van der Waals surface area contributed by atoms with Crippen LogP contribution in [0.5, 0.6) is 0 Å². The summed E-state index contributed by atoms with van der Waals surface area (Å²) < 4.78 is 0. The second-order valence-electron chi connectivity index (χ2n) is 4.56. The van der Waals surface area contributed by atoms with Crippen LogP contribution >= 0.6 is 23.2 Å². The second-order valence-corrected chi connectivity index (χ2v) is 5.34. The maximum Gasteiger partial charge on any atom is 0.402 e. The SMILES string of the molecule is C=C1c2ccc(Cl)c(Cl)c2C2CNCC12.NC(=O)O. The van der Waals surface area contributed by atoms with Gasteiger partial charge in [-0.1, -0.05) is 35.8 Å². The van der Waals surface area contributed by atoms with E-state index in [2.05, 4.69) is 17.6 Å². The van der Waals surface area contributed by atoms with E-state index in [1.807, 2.05) is 12.1 Å². The average molecular weight is 301 g/mol. The van der Waals surface area contributed by atoms with Crippen LogP contribution in [0.4, 0.5) is 4.79 Å². The maximum atomic E-state index is 8.78. The van der Waals surface area contributed by atoms with Crippen LogP contribution < -0.4 is 11.1 Å². The molecule has 1 aliphatic carbocycles. The third-order valence-corrected chi connectivity index (χ3v) is 4.33. The Balaban J connectivity index is 0.000000297. The van der Waals surface area contributed by atoms with Crippen LogP contribution in [0.25, 0.3) is 5.57 Å². The highest BCUT2D eigenvalue weighted by molar-refractivity contribution is 6.42. The first-order valence-corrected chi connectivity index (χ1v) is 6.55. The van der Waals surface area contributed by atoms with E-state index in [0.29, 0.717) is 21.9 Å². The molecule has 102 valence electrons. The zero-order valence-corrected chi connectivity index (χ0v) is 11.6. The first-order chi connectivity index (χ1) is 8.93. The molecule has 1 aromatic carbocycles. The Hall–Kier alpha value is -1.23. The number of fused-ring (bicyclic) bond motifs is 3. The predicted molar refractivity (Wildman–Crippen MR) is 76.8 cm³/mol. The number of nitrogens with two attached hydrogens (primary N) is 1. The van der Waals surface area contributed by atoms with Gasteiger partial charge in [0.25, 0.3) is 0 Å². The van der Waals surface area contributed by atoms with Gasteiger partial charge in [-0.2, -0.15) is 0 Å². The van der Waals surface area contributed by atoms with Crippen LogP contribution in [-0.2, 0) is 0 Å². The fourth-order valence-corrected chi connectivity index (χ4v) is 3.23. The van der Waals surface area contributed by atoms with Crippen LogP contribution in [0, 0.1) is 5.92 Å². The first kappa shape index (κ1) is 14.2. The number of halogens is 2. The van der Waals surface area contributed by atoms with E-state index >= 15 is 0 Å². The molecule has 1 fully saturated rings. The number of rotatable bonds is 0. The summed E-state index contributed by atoms with van der Waals surface area (Å²) in [5.41, 5.74) is 7.64. The maximum absolute atomic E-state index is 8.78. The smallest absolute Gasteiger partial charge is 0.402 e. The van der Waals surface area contributed by atoms with Crippen LogP contribution in [-0.4, -0.2) is 24.3 Å². The van der Waals surface area contributed by atoms with Gasteiger partial charge in [-0.3, -0.25) is 0 Å². The summed E-state index contributed by atoms with van der Waals surface area (Å²) in [6.07, 6.45) is -1.33. The number of hydrogen-bond donors (Lipinski definition) is 3. The molecule has 1 aliphatic heterocycles. The van der Waals surface area contributed by atoms with Gasteiger partial charge in [0, 0.05) is 24.9 Å². The van der Waals surface area contributed by atoms with Crippen molar-refractivity contribution in [1.82, 2.24) is 5.32 Å². The summed E-state index contributed by atoms with van der Waals surface area (Å²) in [6.45, 7) is 6.16. The third kappa shape index (κ3) is 2.56. The van der Waals surface area contributed by atoms with Crippen molar-refractivity contribution >= 4 is 34.9 Å². The average Bonchev–Trinajstić information content (AvgIpc) is 2.87. The highest BCUT2D eigenvalue weighted by atomic mass is 35.5. The predicted octanol–water partition coefficient (Wildman–Crippen LogP) is 2.95. The van der Waals surface area contributed by atoms with Crippen molar-refractivity contribution < 1.29 is 9.90 Å². The van der Waals surface area contributed by atoms with Crippen molar-refractivity contribution in [3.05, 3.63) is 39.9 Å². The quantitative estimate of drug-likeness (QED) is 0.689. The fourth-order valence-electron chi connectivity index (χ4n) is 2.76. The topological polar surface area (TPSA) is 75.3 Å². The van der Waals surface area contributed by atoms with Gasteiger partial charge in [-0.15, -0.1) is 0 Å². The molecule has 2 aliphatic rings. The van der Waals surface area contributed by atoms with E-state index in [1.54, 1.807) is 0 Å². The molecule has 2 unspecified atom stereocenters. The van der Waals surface area contributed by atoms with E-state index in [4.69, 9.17) is 33.1 Å². The number of benzene rings is 1. The molecule has 1 amide bonds. The highest BCUT2D eigenvalue weighted by Crippen LogP contribution is 2.50. The number of carbonyl (C=O) groups is 1. The number of nitrogens with one attached hydrogen (secondary N) is 1. The molecule has 0 saturated carbocycles. The zero-order chi connectivity index (χ0) is 14.2. The van der Waals surface area contributed by atoms with Crippen LogP contribution in [0.15, 0.2) is 18.7 Å². The first-order valence-electron chi connectivity index (χ1n) is 5.79. The normalized spacial score (nSPS) is 23.4. The molecule has 1 aromatic rings. The van der Waals surface area contributed by atoms with Crippen molar-refractivity contribution in [3.63, 3.8) is 0 Å². The molecule has 1 saturated heterocycles. The summed E-state index contributed by atoms with van der Waals surface area (Å²) >= 11 is 12.3. The van der Waals surface area contributed by atoms with Gasteiger partial charge in [0.15, 0.2) is 0 Å². The molecule has 4 N–H and O–H groups in total. The van der Waals surface area contributed by atoms with Gasteiger partial charge in [-0.05, 0) is 22.8 Å². The Morgan fingerprint density at radius 1 is 1.37 bits per heavy atom. The van der Waals surface area contributed by atoms with Crippen molar-refractivity contribution in [2.75, 3.05) is 13.1 Å². The zero-order valence-electron chi connectivity index (χ0n) is 10.1. The number of hydrogen-bond acceptors (Lipinski definition) is 2. The van der Waals surface area contributed by atoms with Crippen LogP contribution in [0.1, 0.15) is 17.0 Å². The Morgan fingerprint density at radius 3 is 2.58 bits per heavy atom. The fraction of sp³-hybridized carbons (Fsp3) is 0.308. The molecule has 2 atom stereocenters. The number of carboxylic acid groups (broad SMARTS) is 1. The number of primary amides is 1. The highest BCUT2D eigenvalue weighted by Gasteiger charge is 2.40. The molecule has 19 heavy (non-hydrogen) atoms. The van der Waals surface area contributed by atoms with E-state index in [1.165, 1.54) is 16.7 Å². The Morgan fingerprint density at radius 2 is 1.95 bits per heavy atom. The van der Waals surface area contributed by atoms with Gasteiger partial charge in [0.2, 0.25) is 0 Å².